The molecule has 0 aliphatic carbocycles. The minimum absolute atomic E-state index is 0.0364. The zero-order valence-electron chi connectivity index (χ0n) is 19.5. The molecule has 1 aliphatic heterocycles. The van der Waals surface area contributed by atoms with Gasteiger partial charge in [-0.05, 0) is 43.7 Å². The van der Waals surface area contributed by atoms with Crippen molar-refractivity contribution >= 4 is 44.5 Å². The summed E-state index contributed by atoms with van der Waals surface area (Å²) in [7, 11) is 0. The number of carbonyl (C=O) groups is 1. The van der Waals surface area contributed by atoms with E-state index in [-0.39, 0.29) is 22.7 Å². The topological polar surface area (TPSA) is 74.1 Å². The van der Waals surface area contributed by atoms with Crippen LogP contribution in [0.2, 0.25) is 0 Å². The summed E-state index contributed by atoms with van der Waals surface area (Å²) in [5, 5.41) is 0.886. The minimum atomic E-state index is -0.276. The second-order valence-electron chi connectivity index (χ2n) is 8.82. The van der Waals surface area contributed by atoms with Gasteiger partial charge >= 0.3 is 0 Å². The van der Waals surface area contributed by atoms with Crippen LogP contribution in [0.4, 0.5) is 0 Å². The van der Waals surface area contributed by atoms with Crippen LogP contribution in [0.3, 0.4) is 0 Å². The smallest absolute Gasteiger partial charge is 0.268 e. The van der Waals surface area contributed by atoms with E-state index >= 15 is 0 Å². The highest BCUT2D eigenvalue weighted by atomic mass is 79.9. The first-order chi connectivity index (χ1) is 16.9. The largest absolute Gasteiger partial charge is 0.370 e. The SMILES string of the molecule is CCC1(C)Cc2nc3nc(SCC(=O)c4ccc(Br)cc4)n(-c4ccccc4)c(=O)c3cc2CO1. The van der Waals surface area contributed by atoms with Crippen molar-refractivity contribution < 1.29 is 9.53 Å². The molecule has 0 amide bonds. The van der Waals surface area contributed by atoms with Gasteiger partial charge in [0.05, 0.1) is 34.7 Å². The lowest BCUT2D eigenvalue weighted by Gasteiger charge is -2.33. The zero-order chi connectivity index (χ0) is 24.6. The maximum atomic E-state index is 13.7. The summed E-state index contributed by atoms with van der Waals surface area (Å²) in [5.74, 6) is 0.116. The summed E-state index contributed by atoms with van der Waals surface area (Å²) in [6.07, 6.45) is 1.54. The van der Waals surface area contributed by atoms with Crippen molar-refractivity contribution in [1.29, 1.82) is 0 Å². The van der Waals surface area contributed by atoms with Crippen molar-refractivity contribution in [2.45, 2.75) is 44.1 Å². The molecule has 178 valence electrons. The molecule has 0 N–H and O–H groups in total. The number of ketones is 1. The highest BCUT2D eigenvalue weighted by Gasteiger charge is 2.31. The lowest BCUT2D eigenvalue weighted by molar-refractivity contribution is -0.0573. The number of benzene rings is 2. The average molecular weight is 550 g/mol. The Morgan fingerprint density at radius 1 is 1.14 bits per heavy atom. The lowest BCUT2D eigenvalue weighted by atomic mass is 9.91. The van der Waals surface area contributed by atoms with Crippen LogP contribution in [0.25, 0.3) is 16.7 Å². The first-order valence-electron chi connectivity index (χ1n) is 11.4. The van der Waals surface area contributed by atoms with Gasteiger partial charge in [0.2, 0.25) is 0 Å². The van der Waals surface area contributed by atoms with E-state index in [9.17, 15) is 9.59 Å². The summed E-state index contributed by atoms with van der Waals surface area (Å²) in [6.45, 7) is 4.60. The predicted octanol–water partition coefficient (Wildman–Crippen LogP) is 5.76. The number of nitrogens with zero attached hydrogens (tertiary/aromatic N) is 3. The van der Waals surface area contributed by atoms with Gasteiger partial charge in [0.25, 0.3) is 5.56 Å². The van der Waals surface area contributed by atoms with Crippen molar-refractivity contribution in [3.8, 4) is 5.69 Å². The van der Waals surface area contributed by atoms with Crippen molar-refractivity contribution in [1.82, 2.24) is 14.5 Å². The molecule has 5 rings (SSSR count). The summed E-state index contributed by atoms with van der Waals surface area (Å²) in [6, 6.07) is 18.5. The predicted molar refractivity (Wildman–Crippen MR) is 142 cm³/mol. The molecule has 0 saturated heterocycles. The van der Waals surface area contributed by atoms with Gasteiger partial charge in [-0.15, -0.1) is 0 Å². The van der Waals surface area contributed by atoms with Crippen LogP contribution in [-0.2, 0) is 17.8 Å². The number of para-hydroxylation sites is 1. The molecule has 3 heterocycles. The maximum Gasteiger partial charge on any atom is 0.268 e. The Morgan fingerprint density at radius 2 is 1.89 bits per heavy atom. The van der Waals surface area contributed by atoms with Crippen LogP contribution in [0.15, 0.2) is 75.1 Å². The van der Waals surface area contributed by atoms with Gasteiger partial charge < -0.3 is 4.74 Å². The second kappa shape index (κ2) is 9.68. The van der Waals surface area contributed by atoms with Gasteiger partial charge in [0.15, 0.2) is 16.6 Å². The van der Waals surface area contributed by atoms with Crippen LogP contribution < -0.4 is 5.56 Å². The standard InChI is InChI=1S/C27H24BrN3O3S/c1-3-27(2)14-22-18(15-34-27)13-21-24(29-22)30-26(31(25(21)33)20-7-5-4-6-8-20)35-16-23(32)17-9-11-19(28)12-10-17/h4-13H,3,14-16H2,1-2H3. The molecule has 2 aromatic carbocycles. The number of Topliss-reactive ketones (excluding diaryl/α,β-unsaturated/α-hetero) is 1. The van der Waals surface area contributed by atoms with Gasteiger partial charge in [0.1, 0.15) is 0 Å². The van der Waals surface area contributed by atoms with Crippen molar-refractivity contribution in [2.75, 3.05) is 5.75 Å². The van der Waals surface area contributed by atoms with Gasteiger partial charge in [-0.25, -0.2) is 9.97 Å². The number of carbonyl (C=O) groups excluding carboxylic acids is 1. The maximum absolute atomic E-state index is 13.7. The zero-order valence-corrected chi connectivity index (χ0v) is 21.9. The summed E-state index contributed by atoms with van der Waals surface area (Å²) < 4.78 is 8.55. The van der Waals surface area contributed by atoms with Crippen LogP contribution in [0.1, 0.15) is 41.9 Å². The van der Waals surface area contributed by atoms with Crippen molar-refractivity contribution in [3.63, 3.8) is 0 Å². The quantitative estimate of drug-likeness (QED) is 0.173. The minimum Gasteiger partial charge on any atom is -0.370 e. The molecule has 4 aromatic rings. The lowest BCUT2D eigenvalue weighted by Crippen LogP contribution is -2.35. The number of halogens is 1. The number of hydrogen-bond acceptors (Lipinski definition) is 6. The molecular weight excluding hydrogens is 526 g/mol. The Morgan fingerprint density at radius 3 is 2.60 bits per heavy atom. The number of ether oxygens (including phenoxy) is 1. The van der Waals surface area contributed by atoms with Crippen molar-refractivity contribution in [3.05, 3.63) is 92.3 Å². The first-order valence-corrected chi connectivity index (χ1v) is 13.2. The highest BCUT2D eigenvalue weighted by molar-refractivity contribution is 9.10. The van der Waals surface area contributed by atoms with E-state index in [1.807, 2.05) is 48.5 Å². The molecule has 1 aliphatic rings. The van der Waals surface area contributed by atoms with Crippen LogP contribution >= 0.6 is 27.7 Å². The third kappa shape index (κ3) is 4.83. The van der Waals surface area contributed by atoms with Crippen molar-refractivity contribution in [2.24, 2.45) is 0 Å². The fraction of sp³-hybridized carbons (Fsp3) is 0.259. The number of hydrogen-bond donors (Lipinski definition) is 0. The fourth-order valence-electron chi connectivity index (χ4n) is 4.09. The van der Waals surface area contributed by atoms with E-state index < -0.39 is 0 Å². The van der Waals surface area contributed by atoms with Crippen LogP contribution in [0, 0.1) is 0 Å². The normalized spacial score (nSPS) is 17.3. The summed E-state index contributed by atoms with van der Waals surface area (Å²) >= 11 is 4.64. The summed E-state index contributed by atoms with van der Waals surface area (Å²) in [4.78, 5) is 36.1. The Bertz CT molecular complexity index is 1470. The highest BCUT2D eigenvalue weighted by Crippen LogP contribution is 2.31. The molecule has 2 aromatic heterocycles. The van der Waals surface area contributed by atoms with Crippen LogP contribution in [0.5, 0.6) is 0 Å². The molecule has 8 heteroatoms. The van der Waals surface area contributed by atoms with E-state index in [1.165, 1.54) is 11.8 Å². The first kappa shape index (κ1) is 23.9. The van der Waals surface area contributed by atoms with Gasteiger partial charge in [-0.1, -0.05) is 64.9 Å². The second-order valence-corrected chi connectivity index (χ2v) is 10.7. The average Bonchev–Trinajstić information content (AvgIpc) is 2.87. The van der Waals surface area contributed by atoms with Gasteiger partial charge in [-0.2, -0.15) is 0 Å². The van der Waals surface area contributed by atoms with E-state index in [2.05, 4.69) is 29.8 Å². The third-order valence-electron chi connectivity index (χ3n) is 6.38. The van der Waals surface area contributed by atoms with E-state index in [0.29, 0.717) is 40.5 Å². The molecule has 1 unspecified atom stereocenters. The number of pyridine rings is 1. The number of thioether (sulfide) groups is 1. The molecule has 1 atom stereocenters. The van der Waals surface area contributed by atoms with E-state index in [0.717, 1.165) is 22.2 Å². The van der Waals surface area contributed by atoms with Crippen LogP contribution in [-0.4, -0.2) is 31.7 Å². The summed E-state index contributed by atoms with van der Waals surface area (Å²) in [5.41, 5.74) is 3.06. The third-order valence-corrected chi connectivity index (χ3v) is 7.84. The van der Waals surface area contributed by atoms with Gasteiger partial charge in [-0.3, -0.25) is 14.2 Å². The Kier molecular flexibility index (Phi) is 6.61. The number of fused-ring (bicyclic) bond motifs is 2. The molecule has 0 spiro atoms. The molecule has 0 bridgehead atoms. The Balaban J connectivity index is 1.58. The number of rotatable bonds is 6. The molecular formula is C27H24BrN3O3S. The molecule has 0 radical (unpaired) electrons. The monoisotopic (exact) mass is 549 g/mol. The molecule has 6 nitrogen and oxygen atoms in total. The Labute approximate surface area is 215 Å². The molecule has 0 saturated carbocycles. The fourth-order valence-corrected chi connectivity index (χ4v) is 5.25. The van der Waals surface area contributed by atoms with Gasteiger partial charge in [0, 0.05) is 22.0 Å². The molecule has 0 fully saturated rings. The number of aromatic nitrogens is 3. The Hall–Kier alpha value is -2.81. The van der Waals surface area contributed by atoms with E-state index in [4.69, 9.17) is 14.7 Å². The van der Waals surface area contributed by atoms with E-state index in [1.54, 1.807) is 16.7 Å². The molecule has 35 heavy (non-hydrogen) atoms.